The lowest BCUT2D eigenvalue weighted by Crippen LogP contribution is -2.46. The van der Waals surface area contributed by atoms with E-state index < -0.39 is 10.0 Å². The van der Waals surface area contributed by atoms with Gasteiger partial charge in [-0.2, -0.15) is 4.31 Å². The smallest absolute Gasteiger partial charge is 0.255 e. The Labute approximate surface area is 205 Å². The highest BCUT2D eigenvalue weighted by atomic mass is 32.2. The maximum Gasteiger partial charge on any atom is 0.255 e. The molecule has 0 radical (unpaired) electrons. The molecule has 3 aromatic rings. The summed E-state index contributed by atoms with van der Waals surface area (Å²) < 4.78 is 32.3. The molecular weight excluding hydrogens is 466 g/mol. The Morgan fingerprint density at radius 3 is 2.03 bits per heavy atom. The molecule has 9 heteroatoms. The van der Waals surface area contributed by atoms with E-state index in [1.165, 1.54) is 23.5 Å². The maximum atomic E-state index is 12.9. The second-order valence-electron chi connectivity index (χ2n) is 8.22. The van der Waals surface area contributed by atoms with Gasteiger partial charge < -0.3 is 15.4 Å². The molecule has 1 saturated heterocycles. The van der Waals surface area contributed by atoms with Crippen molar-refractivity contribution in [3.63, 3.8) is 0 Å². The fourth-order valence-electron chi connectivity index (χ4n) is 3.90. The van der Waals surface area contributed by atoms with Crippen LogP contribution in [0.4, 0.5) is 5.69 Å². The average molecular weight is 494 g/mol. The van der Waals surface area contributed by atoms with Crippen LogP contribution in [-0.4, -0.2) is 50.8 Å². The zero-order valence-corrected chi connectivity index (χ0v) is 20.1. The van der Waals surface area contributed by atoms with Gasteiger partial charge >= 0.3 is 0 Å². The molecule has 0 aliphatic carbocycles. The van der Waals surface area contributed by atoms with E-state index in [-0.39, 0.29) is 22.8 Å². The van der Waals surface area contributed by atoms with Gasteiger partial charge in [-0.1, -0.05) is 18.2 Å². The Kier molecular flexibility index (Phi) is 7.48. The van der Waals surface area contributed by atoms with Crippen LogP contribution in [0.5, 0.6) is 5.75 Å². The van der Waals surface area contributed by atoms with Crippen molar-refractivity contribution in [2.75, 3.05) is 25.5 Å². The number of carbonyl (C=O) groups is 2. The Morgan fingerprint density at radius 1 is 0.829 bits per heavy atom. The second-order valence-corrected chi connectivity index (χ2v) is 10.2. The summed E-state index contributed by atoms with van der Waals surface area (Å²) in [7, 11) is -2.07. The highest BCUT2D eigenvalue weighted by Gasteiger charge is 2.30. The number of carbonyl (C=O) groups excluding carboxylic acids is 2. The van der Waals surface area contributed by atoms with Gasteiger partial charge in [-0.25, -0.2) is 8.42 Å². The van der Waals surface area contributed by atoms with Crippen LogP contribution < -0.4 is 15.4 Å². The topological polar surface area (TPSA) is 105 Å². The van der Waals surface area contributed by atoms with E-state index in [1.807, 2.05) is 6.07 Å². The molecule has 0 unspecified atom stereocenters. The number of benzene rings is 3. The number of nitrogens with zero attached hydrogens (tertiary/aromatic N) is 1. The molecule has 0 spiro atoms. The Bertz CT molecular complexity index is 1270. The summed E-state index contributed by atoms with van der Waals surface area (Å²) in [6.07, 6.45) is 1.04. The van der Waals surface area contributed by atoms with Crippen LogP contribution in [0, 0.1) is 0 Å². The third-order valence-corrected chi connectivity index (χ3v) is 7.84. The number of hydrogen-bond acceptors (Lipinski definition) is 5. The molecular formula is C26H27N3O5S. The van der Waals surface area contributed by atoms with E-state index in [0.717, 1.165) is 0 Å². The minimum atomic E-state index is -3.60. The number of methoxy groups -OCH3 is 1. The first kappa shape index (κ1) is 24.4. The number of hydrogen-bond donors (Lipinski definition) is 2. The van der Waals surface area contributed by atoms with Gasteiger partial charge in [0.25, 0.3) is 11.8 Å². The first-order valence-corrected chi connectivity index (χ1v) is 12.7. The normalized spacial score (nSPS) is 14.8. The highest BCUT2D eigenvalue weighted by Crippen LogP contribution is 2.23. The van der Waals surface area contributed by atoms with Crippen LogP contribution in [0.3, 0.4) is 0 Å². The number of nitrogens with one attached hydrogen (secondary N) is 2. The van der Waals surface area contributed by atoms with Gasteiger partial charge in [0.1, 0.15) is 5.75 Å². The van der Waals surface area contributed by atoms with Crippen molar-refractivity contribution in [1.82, 2.24) is 9.62 Å². The van der Waals surface area contributed by atoms with Crippen molar-refractivity contribution in [1.29, 1.82) is 0 Å². The summed E-state index contributed by atoms with van der Waals surface area (Å²) in [5.41, 5.74) is 1.61. The van der Waals surface area contributed by atoms with E-state index in [2.05, 4.69) is 10.6 Å². The standard InChI is InChI=1S/C26H27N3O5S/c1-34-23-11-13-24(14-12-23)35(32,33)29-17-15-22(16-18-29)28-26(31)20-7-9-21(10-8-20)27-25(30)19-5-3-2-4-6-19/h2-14,22H,15-18H2,1H3,(H,27,30)(H,28,31). The lowest BCUT2D eigenvalue weighted by atomic mass is 10.1. The number of rotatable bonds is 7. The predicted molar refractivity (Wildman–Crippen MR) is 133 cm³/mol. The van der Waals surface area contributed by atoms with Gasteiger partial charge in [0, 0.05) is 35.9 Å². The van der Waals surface area contributed by atoms with Crippen molar-refractivity contribution in [3.8, 4) is 5.75 Å². The van der Waals surface area contributed by atoms with Crippen LogP contribution >= 0.6 is 0 Å². The van der Waals surface area contributed by atoms with Gasteiger partial charge in [-0.05, 0) is 73.5 Å². The summed E-state index contributed by atoms with van der Waals surface area (Å²) in [5, 5.41) is 5.79. The van der Waals surface area contributed by atoms with Crippen molar-refractivity contribution in [3.05, 3.63) is 90.0 Å². The lowest BCUT2D eigenvalue weighted by molar-refractivity contribution is 0.0923. The van der Waals surface area contributed by atoms with E-state index in [9.17, 15) is 18.0 Å². The number of ether oxygens (including phenoxy) is 1. The Hall–Kier alpha value is -3.69. The first-order valence-electron chi connectivity index (χ1n) is 11.3. The monoisotopic (exact) mass is 493 g/mol. The van der Waals surface area contributed by atoms with Crippen LogP contribution in [0.15, 0.2) is 83.8 Å². The van der Waals surface area contributed by atoms with E-state index >= 15 is 0 Å². The molecule has 3 aromatic carbocycles. The lowest BCUT2D eigenvalue weighted by Gasteiger charge is -2.31. The SMILES string of the molecule is COc1ccc(S(=O)(=O)N2CCC(NC(=O)c3ccc(NC(=O)c4ccccc4)cc3)CC2)cc1. The Balaban J connectivity index is 1.29. The largest absolute Gasteiger partial charge is 0.497 e. The van der Waals surface area contributed by atoms with Crippen molar-refractivity contribution in [2.24, 2.45) is 0 Å². The molecule has 4 rings (SSSR count). The fraction of sp³-hybridized carbons (Fsp3) is 0.231. The van der Waals surface area contributed by atoms with Gasteiger partial charge in [-0.3, -0.25) is 9.59 Å². The molecule has 0 bridgehead atoms. The molecule has 182 valence electrons. The number of sulfonamides is 1. The molecule has 1 aliphatic heterocycles. The van der Waals surface area contributed by atoms with Crippen LogP contribution in [0.25, 0.3) is 0 Å². The molecule has 2 N–H and O–H groups in total. The summed E-state index contributed by atoms with van der Waals surface area (Å²) in [6, 6.07) is 21.7. The van der Waals surface area contributed by atoms with E-state index in [1.54, 1.807) is 60.7 Å². The molecule has 1 fully saturated rings. The summed E-state index contributed by atoms with van der Waals surface area (Å²) in [4.78, 5) is 25.2. The summed E-state index contributed by atoms with van der Waals surface area (Å²) >= 11 is 0. The minimum Gasteiger partial charge on any atom is -0.497 e. The number of piperidine rings is 1. The molecule has 35 heavy (non-hydrogen) atoms. The molecule has 2 amide bonds. The molecule has 1 heterocycles. The highest BCUT2D eigenvalue weighted by molar-refractivity contribution is 7.89. The van der Waals surface area contributed by atoms with Gasteiger partial charge in [0.15, 0.2) is 0 Å². The van der Waals surface area contributed by atoms with E-state index in [0.29, 0.717) is 48.5 Å². The zero-order chi connectivity index (χ0) is 24.8. The van der Waals surface area contributed by atoms with Crippen molar-refractivity contribution < 1.29 is 22.7 Å². The molecule has 0 atom stereocenters. The van der Waals surface area contributed by atoms with Gasteiger partial charge in [0.05, 0.1) is 12.0 Å². The van der Waals surface area contributed by atoms with Crippen molar-refractivity contribution >= 4 is 27.5 Å². The number of anilines is 1. The zero-order valence-electron chi connectivity index (χ0n) is 19.3. The molecule has 0 aromatic heterocycles. The van der Waals surface area contributed by atoms with E-state index in [4.69, 9.17) is 4.74 Å². The second kappa shape index (κ2) is 10.7. The van der Waals surface area contributed by atoms with Gasteiger partial charge in [-0.15, -0.1) is 0 Å². The Morgan fingerprint density at radius 2 is 1.43 bits per heavy atom. The van der Waals surface area contributed by atoms with Gasteiger partial charge in [0.2, 0.25) is 10.0 Å². The molecule has 1 aliphatic rings. The third kappa shape index (κ3) is 5.87. The van der Waals surface area contributed by atoms with Crippen molar-refractivity contribution in [2.45, 2.75) is 23.8 Å². The predicted octanol–water partition coefficient (Wildman–Crippen LogP) is 3.53. The number of amides is 2. The maximum absolute atomic E-state index is 12.9. The van der Waals surface area contributed by atoms with Crippen LogP contribution in [-0.2, 0) is 10.0 Å². The molecule has 8 nitrogen and oxygen atoms in total. The summed E-state index contributed by atoms with van der Waals surface area (Å²) in [5.74, 6) is 0.138. The minimum absolute atomic E-state index is 0.123. The summed E-state index contributed by atoms with van der Waals surface area (Å²) in [6.45, 7) is 0.646. The molecule has 0 saturated carbocycles. The third-order valence-electron chi connectivity index (χ3n) is 5.93. The average Bonchev–Trinajstić information content (AvgIpc) is 2.90. The first-order chi connectivity index (χ1) is 16.9. The van der Waals surface area contributed by atoms with Crippen LogP contribution in [0.2, 0.25) is 0 Å². The van der Waals surface area contributed by atoms with Crippen LogP contribution in [0.1, 0.15) is 33.6 Å². The quantitative estimate of drug-likeness (QED) is 0.524. The fourth-order valence-corrected chi connectivity index (χ4v) is 5.37.